The summed E-state index contributed by atoms with van der Waals surface area (Å²) in [6, 6.07) is 11.9. The summed E-state index contributed by atoms with van der Waals surface area (Å²) < 4.78 is 19.2. The molecule has 0 fully saturated rings. The third kappa shape index (κ3) is 4.42. The highest BCUT2D eigenvalue weighted by Crippen LogP contribution is 2.59. The minimum atomic E-state index is -1.61. The zero-order chi connectivity index (χ0) is 32.4. The van der Waals surface area contributed by atoms with Gasteiger partial charge in [0.15, 0.2) is 17.7 Å². The molecule has 5 heterocycles. The molecule has 0 radical (unpaired) electrons. The Balaban J connectivity index is 1.47. The van der Waals surface area contributed by atoms with E-state index in [0.29, 0.717) is 22.9 Å². The lowest BCUT2D eigenvalue weighted by atomic mass is 9.72. The zero-order valence-corrected chi connectivity index (χ0v) is 26.1. The van der Waals surface area contributed by atoms with Crippen LogP contribution >= 0.6 is 0 Å². The largest absolute Gasteiger partial charge is 0.469 e. The van der Waals surface area contributed by atoms with E-state index >= 15 is 0 Å². The lowest BCUT2D eigenvalue weighted by Gasteiger charge is -2.30. The smallest absolute Gasteiger partial charge is 0.252 e. The van der Waals surface area contributed by atoms with Gasteiger partial charge in [0.2, 0.25) is 17.7 Å². The van der Waals surface area contributed by atoms with E-state index in [1.807, 2.05) is 56.3 Å². The Bertz CT molecular complexity index is 1830. The van der Waals surface area contributed by atoms with Crippen molar-refractivity contribution >= 4 is 17.5 Å². The van der Waals surface area contributed by atoms with Gasteiger partial charge in [-0.1, -0.05) is 58.0 Å². The van der Waals surface area contributed by atoms with Crippen LogP contribution in [0.3, 0.4) is 0 Å². The first-order valence-corrected chi connectivity index (χ1v) is 15.7. The van der Waals surface area contributed by atoms with E-state index in [4.69, 9.17) is 18.6 Å². The number of oxazole rings is 2. The van der Waals surface area contributed by atoms with Crippen LogP contribution in [0.2, 0.25) is 0 Å². The molecule has 2 amide bonds. The van der Waals surface area contributed by atoms with E-state index in [0.717, 1.165) is 22.4 Å². The van der Waals surface area contributed by atoms with Gasteiger partial charge in [-0.3, -0.25) is 9.59 Å². The van der Waals surface area contributed by atoms with Crippen molar-refractivity contribution in [3.8, 4) is 17.3 Å². The molecule has 1 spiro atoms. The molecule has 4 aromatic rings. The summed E-state index contributed by atoms with van der Waals surface area (Å²) in [6.07, 6.45) is 1.32. The van der Waals surface area contributed by atoms with Crippen molar-refractivity contribution < 1.29 is 33.4 Å². The number of carbonyl (C=O) groups is 2. The van der Waals surface area contributed by atoms with Crippen LogP contribution in [0.4, 0.5) is 5.69 Å². The summed E-state index contributed by atoms with van der Waals surface area (Å²) in [4.78, 5) is 36.8. The predicted octanol–water partition coefficient (Wildman–Crippen LogP) is 3.71. The maximum Gasteiger partial charge on any atom is 0.252 e. The number of benzene rings is 2. The van der Waals surface area contributed by atoms with E-state index in [1.54, 1.807) is 13.8 Å². The minimum Gasteiger partial charge on any atom is -0.469 e. The van der Waals surface area contributed by atoms with Crippen LogP contribution < -0.4 is 20.7 Å². The molecule has 7 rings (SSSR count). The van der Waals surface area contributed by atoms with Gasteiger partial charge >= 0.3 is 0 Å². The summed E-state index contributed by atoms with van der Waals surface area (Å²) >= 11 is 0. The van der Waals surface area contributed by atoms with Crippen molar-refractivity contribution in [1.82, 2.24) is 20.6 Å². The molecule has 240 valence electrons. The molecular formula is C34H37N5O7. The number of aliphatic hydroxyl groups excluding tert-OH is 1. The number of hydrogen-bond donors (Lipinski definition) is 5. The molecule has 0 saturated carbocycles. The molecule has 5 N–H and O–H groups in total. The van der Waals surface area contributed by atoms with Crippen molar-refractivity contribution in [3.63, 3.8) is 0 Å². The highest BCUT2D eigenvalue weighted by Gasteiger charge is 2.61. The normalized spacial score (nSPS) is 23.0. The Morgan fingerprint density at radius 3 is 2.63 bits per heavy atom. The number of amides is 2. The fourth-order valence-corrected chi connectivity index (χ4v) is 6.80. The van der Waals surface area contributed by atoms with Gasteiger partial charge in [0.25, 0.3) is 5.91 Å². The molecule has 3 aliphatic rings. The fraction of sp³-hybridized carbons (Fsp3) is 0.412. The minimum absolute atomic E-state index is 0.156. The topological polar surface area (TPSA) is 172 Å². The summed E-state index contributed by atoms with van der Waals surface area (Å²) in [5, 5.41) is 30.2. The molecule has 2 aromatic carbocycles. The highest BCUT2D eigenvalue weighted by molar-refractivity contribution is 5.91. The van der Waals surface area contributed by atoms with E-state index in [2.05, 4.69) is 20.9 Å². The van der Waals surface area contributed by atoms with Crippen molar-refractivity contribution in [1.29, 1.82) is 0 Å². The second kappa shape index (κ2) is 11.0. The van der Waals surface area contributed by atoms with Gasteiger partial charge in [0.05, 0.1) is 6.61 Å². The number of aliphatic hydroxyl groups is 2. The van der Waals surface area contributed by atoms with Crippen LogP contribution in [0.25, 0.3) is 11.6 Å². The van der Waals surface area contributed by atoms with Crippen LogP contribution in [0.1, 0.15) is 80.6 Å². The van der Waals surface area contributed by atoms with Crippen molar-refractivity contribution in [2.24, 2.45) is 5.92 Å². The number of rotatable bonds is 7. The Kier molecular flexibility index (Phi) is 7.17. The third-order valence-electron chi connectivity index (χ3n) is 9.55. The molecule has 4 bridgehead atoms. The number of nitrogens with one attached hydrogen (secondary N) is 3. The van der Waals surface area contributed by atoms with E-state index in [9.17, 15) is 19.8 Å². The molecule has 1 unspecified atom stereocenters. The summed E-state index contributed by atoms with van der Waals surface area (Å²) in [5.41, 5.74) is 1.32. The lowest BCUT2D eigenvalue weighted by Crippen LogP contribution is -2.55. The van der Waals surface area contributed by atoms with E-state index in [-0.39, 0.29) is 43.6 Å². The number of carbonyl (C=O) groups excluding carboxylic acids is 2. The second-order valence-corrected chi connectivity index (χ2v) is 12.6. The Morgan fingerprint density at radius 2 is 1.91 bits per heavy atom. The Labute approximate surface area is 265 Å². The van der Waals surface area contributed by atoms with Crippen molar-refractivity contribution in [3.05, 3.63) is 82.8 Å². The quantitative estimate of drug-likeness (QED) is 0.203. The molecular weight excluding hydrogens is 590 g/mol. The highest BCUT2D eigenvalue weighted by atomic mass is 16.5. The molecule has 12 nitrogen and oxygen atoms in total. The maximum absolute atomic E-state index is 14.0. The maximum atomic E-state index is 14.0. The summed E-state index contributed by atoms with van der Waals surface area (Å²) in [5.74, 6) is 0.195. The van der Waals surface area contributed by atoms with Gasteiger partial charge < -0.3 is 39.7 Å². The standard InChI is InChI=1S/C34H37N5O7/c1-5-33(43,6-2)31(42)36-23-14-18-11-12-24-21(13-18)34(20-9-7-8-10-22(20)37-32(34)45-24)27-26(29-35-19(15-40)16-44-29)39-30(46-27)25(17(3)4)38-28(23)41/h7-13,16-17,23,25,32,37,40,43H,5-6,14-15H2,1-4H3,(H,36,42)(H,38,41)/t23-,25-,32-,34?/m0/s1. The average molecular weight is 628 g/mol. The van der Waals surface area contributed by atoms with Crippen molar-refractivity contribution in [2.75, 3.05) is 5.32 Å². The number of nitrogens with zero attached hydrogens (tertiary/aromatic N) is 2. The van der Waals surface area contributed by atoms with Crippen molar-refractivity contribution in [2.45, 2.75) is 82.9 Å². The molecule has 0 aliphatic carbocycles. The molecule has 46 heavy (non-hydrogen) atoms. The van der Waals surface area contributed by atoms with E-state index < -0.39 is 41.1 Å². The van der Waals surface area contributed by atoms with Gasteiger partial charge in [-0.25, -0.2) is 9.97 Å². The van der Waals surface area contributed by atoms with Gasteiger partial charge in [-0.15, -0.1) is 0 Å². The van der Waals surface area contributed by atoms with Crippen LogP contribution in [-0.2, 0) is 28.0 Å². The second-order valence-electron chi connectivity index (χ2n) is 12.6. The molecule has 0 saturated heterocycles. The van der Waals surface area contributed by atoms with Crippen LogP contribution in [0, 0.1) is 5.92 Å². The summed E-state index contributed by atoms with van der Waals surface area (Å²) in [6.45, 7) is 7.02. The lowest BCUT2D eigenvalue weighted by molar-refractivity contribution is -0.143. The Morgan fingerprint density at radius 1 is 1.13 bits per heavy atom. The van der Waals surface area contributed by atoms with Gasteiger partial charge in [-0.05, 0) is 42.0 Å². The number of fused-ring (bicyclic) bond motifs is 4. The molecule has 12 heteroatoms. The number of hydrogen-bond acceptors (Lipinski definition) is 10. The fourth-order valence-electron chi connectivity index (χ4n) is 6.80. The van der Waals surface area contributed by atoms with Crippen LogP contribution in [0.15, 0.2) is 57.6 Å². The molecule has 4 atom stereocenters. The predicted molar refractivity (Wildman–Crippen MR) is 166 cm³/mol. The molecule has 2 aromatic heterocycles. The van der Waals surface area contributed by atoms with Crippen LogP contribution in [0.5, 0.6) is 5.75 Å². The first-order valence-electron chi connectivity index (χ1n) is 15.7. The number of anilines is 1. The molecule has 3 aliphatic heterocycles. The average Bonchev–Trinajstić information content (AvgIpc) is 3.83. The van der Waals surface area contributed by atoms with Gasteiger partial charge in [0, 0.05) is 17.7 Å². The summed E-state index contributed by atoms with van der Waals surface area (Å²) in [7, 11) is 0. The monoisotopic (exact) mass is 627 g/mol. The number of aromatic nitrogens is 2. The van der Waals surface area contributed by atoms with Gasteiger partial charge in [0.1, 0.15) is 40.8 Å². The number of para-hydroxylation sites is 1. The first kappa shape index (κ1) is 30.0. The zero-order valence-electron chi connectivity index (χ0n) is 26.1. The first-order chi connectivity index (χ1) is 22.1. The third-order valence-corrected chi connectivity index (χ3v) is 9.55. The Hall–Kier alpha value is -4.68. The van der Waals surface area contributed by atoms with E-state index in [1.165, 1.54) is 6.26 Å². The number of ether oxygens (including phenoxy) is 1. The SMILES string of the molecule is CCC(O)(CC)C(=O)N[C@H]1Cc2ccc3c(c2)C2(c4ccccc4N[C@H]2O3)c2oc(nc2-c2nc(CO)co2)[C@H](C(C)C)NC1=O. The van der Waals surface area contributed by atoms with Crippen LogP contribution in [-0.4, -0.2) is 49.9 Å². The van der Waals surface area contributed by atoms with Gasteiger partial charge in [-0.2, -0.15) is 0 Å².